The van der Waals surface area contributed by atoms with Crippen LogP contribution in [0, 0.1) is 6.92 Å². The van der Waals surface area contributed by atoms with Crippen molar-refractivity contribution in [3.8, 4) is 5.75 Å². The number of nitrogens with one attached hydrogen (secondary N) is 1. The maximum absolute atomic E-state index is 13.1. The smallest absolute Gasteiger partial charge is 0.416 e. The van der Waals surface area contributed by atoms with Crippen molar-refractivity contribution in [3.63, 3.8) is 0 Å². The molecule has 0 radical (unpaired) electrons. The average molecular weight is 518 g/mol. The molecule has 2 amide bonds. The molecule has 10 heteroatoms. The molecule has 1 saturated heterocycles. The first-order valence-corrected chi connectivity index (χ1v) is 11.6. The van der Waals surface area contributed by atoms with E-state index in [2.05, 4.69) is 10.3 Å². The first-order chi connectivity index (χ1) is 17.1. The van der Waals surface area contributed by atoms with Crippen molar-refractivity contribution >= 4 is 29.1 Å². The first kappa shape index (κ1) is 25.5. The lowest BCUT2D eigenvalue weighted by Gasteiger charge is -2.32. The number of halogens is 4. The topological polar surface area (TPSA) is 71.5 Å². The molecule has 1 N–H and O–H groups in total. The molecule has 1 aromatic heterocycles. The van der Waals surface area contributed by atoms with Crippen molar-refractivity contribution in [2.24, 2.45) is 0 Å². The van der Waals surface area contributed by atoms with Crippen LogP contribution in [-0.4, -0.2) is 40.9 Å². The van der Waals surface area contributed by atoms with Crippen LogP contribution in [-0.2, 0) is 6.18 Å². The van der Waals surface area contributed by atoms with Crippen molar-refractivity contribution in [1.29, 1.82) is 0 Å². The van der Waals surface area contributed by atoms with Gasteiger partial charge in [0.2, 0.25) is 0 Å². The number of nitrogens with zero attached hydrogens (tertiary/aromatic N) is 2. The van der Waals surface area contributed by atoms with Gasteiger partial charge in [0.1, 0.15) is 11.9 Å². The number of benzene rings is 2. The van der Waals surface area contributed by atoms with E-state index in [0.717, 1.165) is 17.7 Å². The van der Waals surface area contributed by atoms with Crippen LogP contribution in [0.15, 0.2) is 60.9 Å². The van der Waals surface area contributed by atoms with Gasteiger partial charge < -0.3 is 15.0 Å². The van der Waals surface area contributed by atoms with Gasteiger partial charge >= 0.3 is 6.18 Å². The third kappa shape index (κ3) is 6.15. The van der Waals surface area contributed by atoms with Crippen LogP contribution < -0.4 is 10.1 Å². The Kier molecular flexibility index (Phi) is 7.49. The first-order valence-electron chi connectivity index (χ1n) is 11.3. The van der Waals surface area contributed by atoms with Gasteiger partial charge in [0, 0.05) is 60.7 Å². The Morgan fingerprint density at radius 2 is 1.83 bits per heavy atom. The fourth-order valence-electron chi connectivity index (χ4n) is 3.92. The third-order valence-corrected chi connectivity index (χ3v) is 6.08. The molecule has 188 valence electrons. The van der Waals surface area contributed by atoms with Gasteiger partial charge in [0.15, 0.2) is 0 Å². The van der Waals surface area contributed by atoms with Crippen LogP contribution in [0.1, 0.15) is 44.7 Å². The Hall–Kier alpha value is -3.59. The number of hydrogen-bond acceptors (Lipinski definition) is 4. The summed E-state index contributed by atoms with van der Waals surface area (Å²) < 4.78 is 45.4. The highest BCUT2D eigenvalue weighted by Crippen LogP contribution is 2.32. The van der Waals surface area contributed by atoms with Crippen molar-refractivity contribution < 1.29 is 27.5 Å². The summed E-state index contributed by atoms with van der Waals surface area (Å²) >= 11 is 5.79. The molecule has 0 unspecified atom stereocenters. The van der Waals surface area contributed by atoms with Crippen LogP contribution in [0.5, 0.6) is 5.75 Å². The van der Waals surface area contributed by atoms with Crippen LogP contribution in [0.3, 0.4) is 0 Å². The van der Waals surface area contributed by atoms with Crippen LogP contribution in [0.25, 0.3) is 0 Å². The summed E-state index contributed by atoms with van der Waals surface area (Å²) in [4.78, 5) is 31.0. The van der Waals surface area contributed by atoms with Gasteiger partial charge in [-0.3, -0.25) is 14.6 Å². The lowest BCUT2D eigenvalue weighted by atomic mass is 10.1. The minimum absolute atomic E-state index is 0.0721. The van der Waals surface area contributed by atoms with Crippen molar-refractivity contribution in [3.05, 3.63) is 88.2 Å². The van der Waals surface area contributed by atoms with E-state index in [0.29, 0.717) is 42.9 Å². The summed E-state index contributed by atoms with van der Waals surface area (Å²) in [7, 11) is 0. The summed E-state index contributed by atoms with van der Waals surface area (Å²) in [5.41, 5.74) is 0.547. The van der Waals surface area contributed by atoms with E-state index < -0.39 is 17.6 Å². The van der Waals surface area contributed by atoms with Crippen molar-refractivity contribution in [2.75, 3.05) is 18.4 Å². The summed E-state index contributed by atoms with van der Waals surface area (Å²) in [6.45, 7) is 2.92. The normalized spacial score (nSPS) is 14.4. The highest BCUT2D eigenvalue weighted by atomic mass is 35.5. The highest BCUT2D eigenvalue weighted by molar-refractivity contribution is 6.31. The molecule has 0 saturated carbocycles. The van der Waals surface area contributed by atoms with Gasteiger partial charge in [-0.15, -0.1) is 0 Å². The summed E-state index contributed by atoms with van der Waals surface area (Å²) in [5, 5.41) is 2.42. The van der Waals surface area contributed by atoms with E-state index >= 15 is 0 Å². The van der Waals surface area contributed by atoms with E-state index in [1.54, 1.807) is 47.6 Å². The van der Waals surface area contributed by atoms with E-state index in [-0.39, 0.29) is 22.6 Å². The van der Waals surface area contributed by atoms with Crippen molar-refractivity contribution in [1.82, 2.24) is 9.88 Å². The largest absolute Gasteiger partial charge is 0.490 e. The molecule has 4 rings (SSSR count). The van der Waals surface area contributed by atoms with Gasteiger partial charge in [-0.2, -0.15) is 13.2 Å². The predicted molar refractivity (Wildman–Crippen MR) is 129 cm³/mol. The third-order valence-electron chi connectivity index (χ3n) is 5.86. The monoisotopic (exact) mass is 517 g/mol. The number of aryl methyl sites for hydroxylation is 1. The Bertz CT molecular complexity index is 1260. The number of anilines is 1. The zero-order valence-corrected chi connectivity index (χ0v) is 20.1. The molecule has 0 atom stereocenters. The van der Waals surface area contributed by atoms with Gasteiger partial charge in [0.05, 0.1) is 11.1 Å². The SMILES string of the molecule is Cc1ccc(NC(=O)c2cc(Cl)cc(C(F)(F)F)c2)cc1OC1CCN(C(=O)c2cccnc2)CC1. The summed E-state index contributed by atoms with van der Waals surface area (Å²) in [6, 6.07) is 11.2. The number of piperidine rings is 1. The van der Waals surface area contributed by atoms with Crippen LogP contribution in [0.2, 0.25) is 5.02 Å². The lowest BCUT2D eigenvalue weighted by molar-refractivity contribution is -0.137. The van der Waals surface area contributed by atoms with Crippen LogP contribution >= 0.6 is 11.6 Å². The molecule has 2 aromatic carbocycles. The Morgan fingerprint density at radius 3 is 2.50 bits per heavy atom. The van der Waals surface area contributed by atoms with Gasteiger partial charge in [-0.25, -0.2) is 0 Å². The second-order valence-corrected chi connectivity index (χ2v) is 8.95. The Morgan fingerprint density at radius 1 is 1.08 bits per heavy atom. The number of pyridine rings is 1. The summed E-state index contributed by atoms with van der Waals surface area (Å²) in [6.07, 6.45) is -0.334. The quantitative estimate of drug-likeness (QED) is 0.451. The average Bonchev–Trinajstić information content (AvgIpc) is 2.85. The molecule has 0 spiro atoms. The lowest BCUT2D eigenvalue weighted by Crippen LogP contribution is -2.41. The Labute approximate surface area is 211 Å². The minimum Gasteiger partial charge on any atom is -0.490 e. The molecule has 36 heavy (non-hydrogen) atoms. The fraction of sp³-hybridized carbons (Fsp3) is 0.269. The van der Waals surface area contributed by atoms with Gasteiger partial charge in [-0.1, -0.05) is 17.7 Å². The molecule has 1 aliphatic rings. The number of hydrogen-bond donors (Lipinski definition) is 1. The number of alkyl halides is 3. The molecule has 0 aliphatic carbocycles. The number of carbonyl (C=O) groups is 2. The van der Waals surface area contributed by atoms with Crippen molar-refractivity contribution in [2.45, 2.75) is 32.0 Å². The molecule has 1 fully saturated rings. The molecule has 3 aromatic rings. The highest BCUT2D eigenvalue weighted by Gasteiger charge is 2.32. The number of rotatable bonds is 5. The zero-order chi connectivity index (χ0) is 25.9. The number of likely N-dealkylation sites (tertiary alicyclic amines) is 1. The molecule has 2 heterocycles. The van der Waals surface area contributed by atoms with Crippen LogP contribution in [0.4, 0.5) is 18.9 Å². The maximum Gasteiger partial charge on any atom is 0.416 e. The molecular formula is C26H23ClF3N3O3. The summed E-state index contributed by atoms with van der Waals surface area (Å²) in [5.74, 6) is -0.246. The maximum atomic E-state index is 13.1. The van der Waals surface area contributed by atoms with E-state index in [9.17, 15) is 22.8 Å². The Balaban J connectivity index is 1.40. The van der Waals surface area contributed by atoms with Gasteiger partial charge in [0.25, 0.3) is 11.8 Å². The molecule has 0 bridgehead atoms. The molecule has 1 aliphatic heterocycles. The number of amides is 2. The van der Waals surface area contributed by atoms with E-state index in [1.807, 2.05) is 6.92 Å². The fourth-order valence-corrected chi connectivity index (χ4v) is 4.16. The standard InChI is InChI=1S/C26H23ClF3N3O3/c1-16-4-5-21(32-24(34)18-11-19(26(28,29)30)13-20(27)12-18)14-23(16)36-22-6-9-33(10-7-22)25(35)17-3-2-8-31-15-17/h2-5,8,11-15,22H,6-7,9-10H2,1H3,(H,32,34). The minimum atomic E-state index is -4.62. The van der Waals surface area contributed by atoms with E-state index in [1.165, 1.54) is 6.07 Å². The number of ether oxygens (including phenoxy) is 1. The second-order valence-electron chi connectivity index (χ2n) is 8.51. The molecular weight excluding hydrogens is 495 g/mol. The number of aromatic nitrogens is 1. The second kappa shape index (κ2) is 10.6. The number of carbonyl (C=O) groups excluding carboxylic acids is 2. The predicted octanol–water partition coefficient (Wildman–Crippen LogP) is 6.00. The zero-order valence-electron chi connectivity index (χ0n) is 19.3. The molecule has 6 nitrogen and oxygen atoms in total. The van der Waals surface area contributed by atoms with Gasteiger partial charge in [-0.05, 0) is 48.9 Å². The van der Waals surface area contributed by atoms with E-state index in [4.69, 9.17) is 16.3 Å².